The number of para-hydroxylation sites is 1. The normalized spacial score (nSPS) is 11.8. The van der Waals surface area contributed by atoms with Crippen LogP contribution < -0.4 is 10.1 Å². The van der Waals surface area contributed by atoms with Gasteiger partial charge in [-0.25, -0.2) is 4.39 Å². The van der Waals surface area contributed by atoms with E-state index in [2.05, 4.69) is 5.32 Å². The topological polar surface area (TPSA) is 38.3 Å². The van der Waals surface area contributed by atoms with Crippen LogP contribution in [0.2, 0.25) is 5.02 Å². The Balaban J connectivity index is 1.72. The van der Waals surface area contributed by atoms with Gasteiger partial charge in [0.15, 0.2) is 6.10 Å². The highest BCUT2D eigenvalue weighted by molar-refractivity contribution is 6.32. The van der Waals surface area contributed by atoms with Gasteiger partial charge in [-0.1, -0.05) is 35.9 Å². The van der Waals surface area contributed by atoms with Crippen molar-refractivity contribution in [3.63, 3.8) is 0 Å². The van der Waals surface area contributed by atoms with Gasteiger partial charge in [-0.15, -0.1) is 0 Å². The van der Waals surface area contributed by atoms with Crippen molar-refractivity contribution < 1.29 is 13.9 Å². The van der Waals surface area contributed by atoms with E-state index in [0.717, 1.165) is 18.4 Å². The molecule has 1 amide bonds. The number of aryl methyl sites for hydroxylation is 1. The van der Waals surface area contributed by atoms with Gasteiger partial charge in [0.2, 0.25) is 0 Å². The van der Waals surface area contributed by atoms with Gasteiger partial charge >= 0.3 is 0 Å². The van der Waals surface area contributed by atoms with E-state index in [0.29, 0.717) is 17.3 Å². The van der Waals surface area contributed by atoms with Crippen LogP contribution in [-0.4, -0.2) is 18.6 Å². The summed E-state index contributed by atoms with van der Waals surface area (Å²) in [4.78, 5) is 12.0. The summed E-state index contributed by atoms with van der Waals surface area (Å²) in [6.07, 6.45) is 0.928. The maximum atomic E-state index is 12.8. The second-order valence-electron chi connectivity index (χ2n) is 5.21. The molecule has 23 heavy (non-hydrogen) atoms. The number of rotatable bonds is 7. The largest absolute Gasteiger partial charge is 0.479 e. The fraction of sp³-hybridized carbons (Fsp3) is 0.278. The predicted molar refractivity (Wildman–Crippen MR) is 89.3 cm³/mol. The van der Waals surface area contributed by atoms with Gasteiger partial charge in [-0.3, -0.25) is 4.79 Å². The molecule has 0 fully saturated rings. The van der Waals surface area contributed by atoms with Crippen LogP contribution in [0, 0.1) is 5.82 Å². The van der Waals surface area contributed by atoms with E-state index in [4.69, 9.17) is 16.3 Å². The molecule has 2 aromatic rings. The first kappa shape index (κ1) is 17.3. The molecule has 1 unspecified atom stereocenters. The van der Waals surface area contributed by atoms with Crippen LogP contribution in [0.1, 0.15) is 18.9 Å². The van der Waals surface area contributed by atoms with Crippen LogP contribution >= 0.6 is 11.6 Å². The summed E-state index contributed by atoms with van der Waals surface area (Å²) in [5.74, 6) is 0.0553. The molecule has 1 N–H and O–H groups in total. The highest BCUT2D eigenvalue weighted by atomic mass is 35.5. The fourth-order valence-corrected chi connectivity index (χ4v) is 2.26. The van der Waals surface area contributed by atoms with Crippen molar-refractivity contribution in [2.75, 3.05) is 6.54 Å². The molecule has 0 aromatic heterocycles. The smallest absolute Gasteiger partial charge is 0.260 e. The molecule has 0 radical (unpaired) electrons. The molecule has 0 bridgehead atoms. The van der Waals surface area contributed by atoms with Gasteiger partial charge < -0.3 is 10.1 Å². The van der Waals surface area contributed by atoms with Gasteiger partial charge in [0.1, 0.15) is 11.6 Å². The molecule has 0 aliphatic rings. The maximum absolute atomic E-state index is 12.8. The monoisotopic (exact) mass is 335 g/mol. The minimum absolute atomic E-state index is 0.191. The number of nitrogens with one attached hydrogen (secondary N) is 1. The number of hydrogen-bond donors (Lipinski definition) is 1. The summed E-state index contributed by atoms with van der Waals surface area (Å²) in [5, 5.41) is 3.30. The summed E-state index contributed by atoms with van der Waals surface area (Å²) in [5.41, 5.74) is 1.04. The van der Waals surface area contributed by atoms with E-state index < -0.39 is 6.10 Å². The average Bonchev–Trinajstić information content (AvgIpc) is 2.55. The first-order valence-corrected chi connectivity index (χ1v) is 7.87. The van der Waals surface area contributed by atoms with Crippen LogP contribution in [0.3, 0.4) is 0 Å². The Hall–Kier alpha value is -2.07. The van der Waals surface area contributed by atoms with Crippen molar-refractivity contribution in [2.45, 2.75) is 25.9 Å². The summed E-state index contributed by atoms with van der Waals surface area (Å²) in [7, 11) is 0. The minimum Gasteiger partial charge on any atom is -0.479 e. The minimum atomic E-state index is -0.624. The van der Waals surface area contributed by atoms with Crippen LogP contribution in [0.25, 0.3) is 0 Å². The van der Waals surface area contributed by atoms with Crippen molar-refractivity contribution in [3.05, 3.63) is 64.9 Å². The zero-order chi connectivity index (χ0) is 16.7. The number of halogens is 2. The third-order valence-electron chi connectivity index (χ3n) is 3.36. The van der Waals surface area contributed by atoms with Crippen molar-refractivity contribution in [3.8, 4) is 5.75 Å². The lowest BCUT2D eigenvalue weighted by molar-refractivity contribution is -0.127. The molecule has 0 spiro atoms. The number of ether oxygens (including phenoxy) is 1. The predicted octanol–water partition coefficient (Wildman–Crippen LogP) is 4.00. The second-order valence-corrected chi connectivity index (χ2v) is 5.62. The highest BCUT2D eigenvalue weighted by Crippen LogP contribution is 2.24. The molecule has 3 nitrogen and oxygen atoms in total. The highest BCUT2D eigenvalue weighted by Gasteiger charge is 2.15. The molecule has 2 rings (SSSR count). The lowest BCUT2D eigenvalue weighted by atomic mass is 10.1. The number of benzene rings is 2. The Morgan fingerprint density at radius 1 is 1.22 bits per heavy atom. The molecular weight excluding hydrogens is 317 g/mol. The molecule has 122 valence electrons. The quantitative estimate of drug-likeness (QED) is 0.777. The SMILES string of the molecule is CC(Oc1ccccc1Cl)C(=O)NCCCc1ccc(F)cc1. The lowest BCUT2D eigenvalue weighted by Gasteiger charge is -2.15. The molecule has 0 heterocycles. The van der Waals surface area contributed by atoms with Gasteiger partial charge in [0.25, 0.3) is 5.91 Å². The summed E-state index contributed by atoms with van der Waals surface area (Å²) < 4.78 is 18.3. The van der Waals surface area contributed by atoms with Gasteiger partial charge in [0, 0.05) is 6.54 Å². The average molecular weight is 336 g/mol. The van der Waals surface area contributed by atoms with Crippen molar-refractivity contribution in [1.82, 2.24) is 5.32 Å². The summed E-state index contributed by atoms with van der Waals surface area (Å²) >= 11 is 6.00. The van der Waals surface area contributed by atoms with E-state index in [1.165, 1.54) is 12.1 Å². The van der Waals surface area contributed by atoms with Gasteiger partial charge in [0.05, 0.1) is 5.02 Å². The maximum Gasteiger partial charge on any atom is 0.260 e. The van der Waals surface area contributed by atoms with Crippen LogP contribution in [0.15, 0.2) is 48.5 Å². The second kappa shape index (κ2) is 8.53. The molecule has 0 saturated heterocycles. The molecule has 1 atom stereocenters. The lowest BCUT2D eigenvalue weighted by Crippen LogP contribution is -2.37. The van der Waals surface area contributed by atoms with Gasteiger partial charge in [-0.2, -0.15) is 0 Å². The van der Waals surface area contributed by atoms with Crippen LogP contribution in [-0.2, 0) is 11.2 Å². The molecule has 2 aromatic carbocycles. The Kier molecular flexibility index (Phi) is 6.41. The van der Waals surface area contributed by atoms with E-state index in [1.807, 2.05) is 0 Å². The van der Waals surface area contributed by atoms with Crippen molar-refractivity contribution >= 4 is 17.5 Å². The Labute approximate surface area is 140 Å². The third kappa shape index (κ3) is 5.57. The number of carbonyl (C=O) groups is 1. The van der Waals surface area contributed by atoms with Crippen molar-refractivity contribution in [2.24, 2.45) is 0 Å². The van der Waals surface area contributed by atoms with Crippen LogP contribution in [0.5, 0.6) is 5.75 Å². The Bertz CT molecular complexity index is 646. The van der Waals surface area contributed by atoms with E-state index in [-0.39, 0.29) is 11.7 Å². The third-order valence-corrected chi connectivity index (χ3v) is 3.68. The summed E-state index contributed by atoms with van der Waals surface area (Å²) in [6, 6.07) is 13.4. The Morgan fingerprint density at radius 3 is 2.61 bits per heavy atom. The zero-order valence-corrected chi connectivity index (χ0v) is 13.6. The first-order valence-electron chi connectivity index (χ1n) is 7.49. The van der Waals surface area contributed by atoms with E-state index >= 15 is 0 Å². The standard InChI is InChI=1S/C18H19ClFNO2/c1-13(23-17-7-3-2-6-16(17)19)18(22)21-12-4-5-14-8-10-15(20)11-9-14/h2-3,6-11,13H,4-5,12H2,1H3,(H,21,22). The summed E-state index contributed by atoms with van der Waals surface area (Å²) in [6.45, 7) is 2.21. The number of amides is 1. The van der Waals surface area contributed by atoms with Gasteiger partial charge in [-0.05, 0) is 49.6 Å². The molecule has 5 heteroatoms. The first-order chi connectivity index (χ1) is 11.1. The van der Waals surface area contributed by atoms with Crippen molar-refractivity contribution in [1.29, 1.82) is 0 Å². The number of hydrogen-bond acceptors (Lipinski definition) is 2. The fourth-order valence-electron chi connectivity index (χ4n) is 2.08. The van der Waals surface area contributed by atoms with Crippen LogP contribution in [0.4, 0.5) is 4.39 Å². The number of carbonyl (C=O) groups excluding carboxylic acids is 1. The Morgan fingerprint density at radius 2 is 1.91 bits per heavy atom. The molecule has 0 aliphatic heterocycles. The van der Waals surface area contributed by atoms with E-state index in [1.54, 1.807) is 43.3 Å². The molecular formula is C18H19ClFNO2. The zero-order valence-electron chi connectivity index (χ0n) is 12.9. The van der Waals surface area contributed by atoms with E-state index in [9.17, 15) is 9.18 Å². The molecule has 0 saturated carbocycles. The molecule has 0 aliphatic carbocycles.